The predicted octanol–water partition coefficient (Wildman–Crippen LogP) is 2.78. The Labute approximate surface area is 138 Å². The topological polar surface area (TPSA) is 85.8 Å². The molecule has 124 valence electrons. The second kappa shape index (κ2) is 6.67. The largest absolute Gasteiger partial charge is 0.418 e. The van der Waals surface area contributed by atoms with Crippen molar-refractivity contribution in [2.24, 2.45) is 0 Å². The number of anilines is 1. The molecule has 1 heterocycles. The number of alkyl halides is 3. The van der Waals surface area contributed by atoms with Gasteiger partial charge in [0, 0.05) is 5.02 Å². The zero-order valence-corrected chi connectivity index (χ0v) is 13.2. The van der Waals surface area contributed by atoms with Crippen molar-refractivity contribution in [2.75, 3.05) is 11.2 Å². The van der Waals surface area contributed by atoms with E-state index < -0.39 is 22.9 Å². The Morgan fingerprint density at radius 2 is 2.17 bits per heavy atom. The molecule has 1 aromatic carbocycles. The van der Waals surface area contributed by atoms with E-state index in [-0.39, 0.29) is 15.9 Å². The van der Waals surface area contributed by atoms with Gasteiger partial charge in [-0.1, -0.05) is 23.4 Å². The molecule has 0 spiro atoms. The SMILES string of the molecule is C[C@H](Sc1nncn1N)C(=O)Nc1ccc(Cl)cc1C(F)(F)F. The van der Waals surface area contributed by atoms with E-state index in [4.69, 9.17) is 17.4 Å². The number of rotatable bonds is 4. The molecule has 0 radical (unpaired) electrons. The predicted molar refractivity (Wildman–Crippen MR) is 80.6 cm³/mol. The van der Waals surface area contributed by atoms with Crippen molar-refractivity contribution in [3.63, 3.8) is 0 Å². The van der Waals surface area contributed by atoms with Crippen LogP contribution >= 0.6 is 23.4 Å². The number of hydrogen-bond acceptors (Lipinski definition) is 5. The van der Waals surface area contributed by atoms with Gasteiger partial charge in [0.15, 0.2) is 0 Å². The summed E-state index contributed by atoms with van der Waals surface area (Å²) < 4.78 is 40.1. The lowest BCUT2D eigenvalue weighted by molar-refractivity contribution is -0.137. The van der Waals surface area contributed by atoms with Crippen molar-refractivity contribution in [3.8, 4) is 0 Å². The van der Waals surface area contributed by atoms with E-state index in [0.717, 1.165) is 28.6 Å². The maximum Gasteiger partial charge on any atom is 0.418 e. The maximum absolute atomic E-state index is 13.0. The molecule has 0 aliphatic heterocycles. The van der Waals surface area contributed by atoms with Gasteiger partial charge < -0.3 is 11.2 Å². The molecule has 1 aromatic heterocycles. The lowest BCUT2D eigenvalue weighted by atomic mass is 10.1. The summed E-state index contributed by atoms with van der Waals surface area (Å²) in [6.07, 6.45) is -3.39. The lowest BCUT2D eigenvalue weighted by Crippen LogP contribution is -2.25. The van der Waals surface area contributed by atoms with Crippen molar-refractivity contribution in [2.45, 2.75) is 23.5 Å². The van der Waals surface area contributed by atoms with Gasteiger partial charge in [-0.15, -0.1) is 10.2 Å². The van der Waals surface area contributed by atoms with Gasteiger partial charge in [-0.05, 0) is 25.1 Å². The Kier molecular flexibility index (Phi) is 5.05. The number of carbonyl (C=O) groups excluding carboxylic acids is 1. The molecule has 0 saturated carbocycles. The second-order valence-corrected chi connectivity index (χ2v) is 6.20. The third kappa shape index (κ3) is 4.29. The minimum absolute atomic E-state index is 0.0750. The number of halogens is 4. The summed E-state index contributed by atoms with van der Waals surface area (Å²) in [4.78, 5) is 12.1. The maximum atomic E-state index is 13.0. The van der Waals surface area contributed by atoms with E-state index in [1.165, 1.54) is 19.3 Å². The van der Waals surface area contributed by atoms with Crippen LogP contribution in [-0.4, -0.2) is 26.0 Å². The molecule has 23 heavy (non-hydrogen) atoms. The number of amides is 1. The van der Waals surface area contributed by atoms with Crippen LogP contribution in [0.5, 0.6) is 0 Å². The number of nitrogens with two attached hydrogens (primary N) is 1. The minimum Gasteiger partial charge on any atom is -0.336 e. The highest BCUT2D eigenvalue weighted by atomic mass is 35.5. The highest BCUT2D eigenvalue weighted by Gasteiger charge is 2.34. The summed E-state index contributed by atoms with van der Waals surface area (Å²) in [5.41, 5.74) is -1.38. The molecule has 3 N–H and O–H groups in total. The third-order valence-corrected chi connectivity index (χ3v) is 4.04. The van der Waals surface area contributed by atoms with Crippen LogP contribution in [0.15, 0.2) is 29.7 Å². The Bertz CT molecular complexity index is 721. The Morgan fingerprint density at radius 3 is 2.74 bits per heavy atom. The van der Waals surface area contributed by atoms with Gasteiger partial charge in [-0.25, -0.2) is 4.68 Å². The fraction of sp³-hybridized carbons (Fsp3) is 0.250. The fourth-order valence-electron chi connectivity index (χ4n) is 1.62. The number of nitrogen functional groups attached to an aromatic ring is 1. The summed E-state index contributed by atoms with van der Waals surface area (Å²) >= 11 is 6.55. The highest BCUT2D eigenvalue weighted by Crippen LogP contribution is 2.36. The van der Waals surface area contributed by atoms with E-state index in [1.807, 2.05) is 0 Å². The van der Waals surface area contributed by atoms with Crippen LogP contribution in [0.25, 0.3) is 0 Å². The summed E-state index contributed by atoms with van der Waals surface area (Å²) in [6, 6.07) is 3.12. The molecule has 2 aromatic rings. The molecule has 1 atom stereocenters. The van der Waals surface area contributed by atoms with Crippen molar-refractivity contribution >= 4 is 35.0 Å². The van der Waals surface area contributed by atoms with Crippen molar-refractivity contribution in [1.82, 2.24) is 14.9 Å². The van der Waals surface area contributed by atoms with Gasteiger partial charge in [0.2, 0.25) is 11.1 Å². The fourth-order valence-corrected chi connectivity index (χ4v) is 2.54. The molecular formula is C12H11ClF3N5OS. The van der Waals surface area contributed by atoms with E-state index >= 15 is 0 Å². The molecule has 1 amide bonds. The highest BCUT2D eigenvalue weighted by molar-refractivity contribution is 8.00. The summed E-state index contributed by atoms with van der Waals surface area (Å²) in [6.45, 7) is 1.51. The van der Waals surface area contributed by atoms with E-state index in [0.29, 0.717) is 0 Å². The zero-order valence-electron chi connectivity index (χ0n) is 11.6. The van der Waals surface area contributed by atoms with Crippen LogP contribution < -0.4 is 11.2 Å². The van der Waals surface area contributed by atoms with Gasteiger partial charge in [-0.3, -0.25) is 4.79 Å². The number of hydrogen-bond donors (Lipinski definition) is 2. The van der Waals surface area contributed by atoms with Crippen molar-refractivity contribution in [3.05, 3.63) is 35.1 Å². The molecular weight excluding hydrogens is 355 g/mol. The first kappa shape index (κ1) is 17.4. The smallest absolute Gasteiger partial charge is 0.336 e. The second-order valence-electron chi connectivity index (χ2n) is 4.46. The molecule has 0 bridgehead atoms. The molecule has 2 rings (SSSR count). The van der Waals surface area contributed by atoms with Crippen LogP contribution in [0, 0.1) is 0 Å². The summed E-state index contributed by atoms with van der Waals surface area (Å²) in [7, 11) is 0. The summed E-state index contributed by atoms with van der Waals surface area (Å²) in [5, 5.41) is 8.92. The lowest BCUT2D eigenvalue weighted by Gasteiger charge is -2.16. The first-order valence-corrected chi connectivity index (χ1v) is 7.43. The monoisotopic (exact) mass is 365 g/mol. The number of nitrogens with one attached hydrogen (secondary N) is 1. The Morgan fingerprint density at radius 1 is 1.48 bits per heavy atom. The Hall–Kier alpha value is -1.94. The number of thioether (sulfide) groups is 1. The van der Waals surface area contributed by atoms with Crippen molar-refractivity contribution in [1.29, 1.82) is 0 Å². The average molecular weight is 366 g/mol. The van der Waals surface area contributed by atoms with Crippen molar-refractivity contribution < 1.29 is 18.0 Å². The molecule has 0 saturated heterocycles. The van der Waals surface area contributed by atoms with Crippen LogP contribution in [0.4, 0.5) is 18.9 Å². The van der Waals surface area contributed by atoms with Crippen LogP contribution in [-0.2, 0) is 11.0 Å². The molecule has 0 aliphatic carbocycles. The number of aromatic nitrogens is 3. The Balaban J connectivity index is 2.15. The quantitative estimate of drug-likeness (QED) is 0.642. The molecule has 11 heteroatoms. The van der Waals surface area contributed by atoms with E-state index in [9.17, 15) is 18.0 Å². The molecule has 0 aliphatic rings. The zero-order chi connectivity index (χ0) is 17.2. The van der Waals surface area contributed by atoms with Crippen LogP contribution in [0.3, 0.4) is 0 Å². The number of benzene rings is 1. The number of nitrogens with zero attached hydrogens (tertiary/aromatic N) is 3. The molecule has 0 fully saturated rings. The van der Waals surface area contributed by atoms with E-state index in [1.54, 1.807) is 0 Å². The standard InChI is InChI=1S/C12H11ClF3N5OS/c1-6(23-11-20-18-5-21(11)17)10(22)19-9-3-2-7(13)4-8(9)12(14,15)16/h2-6H,17H2,1H3,(H,19,22)/t6-/m0/s1. The molecule has 0 unspecified atom stereocenters. The third-order valence-electron chi connectivity index (χ3n) is 2.74. The minimum atomic E-state index is -4.64. The first-order chi connectivity index (χ1) is 10.7. The van der Waals surface area contributed by atoms with E-state index in [2.05, 4.69) is 15.5 Å². The average Bonchev–Trinajstić information content (AvgIpc) is 2.85. The molecule has 6 nitrogen and oxygen atoms in total. The van der Waals surface area contributed by atoms with Gasteiger partial charge in [0.05, 0.1) is 16.5 Å². The van der Waals surface area contributed by atoms with Crippen LogP contribution in [0.2, 0.25) is 5.02 Å². The first-order valence-electron chi connectivity index (χ1n) is 6.18. The van der Waals surface area contributed by atoms with Gasteiger partial charge >= 0.3 is 6.18 Å². The summed E-state index contributed by atoms with van der Waals surface area (Å²) in [5.74, 6) is 4.88. The van der Waals surface area contributed by atoms with Gasteiger partial charge in [0.1, 0.15) is 6.33 Å². The number of carbonyl (C=O) groups is 1. The van der Waals surface area contributed by atoms with Gasteiger partial charge in [-0.2, -0.15) is 13.2 Å². The van der Waals surface area contributed by atoms with Gasteiger partial charge in [0.25, 0.3) is 0 Å². The van der Waals surface area contributed by atoms with Crippen LogP contribution in [0.1, 0.15) is 12.5 Å². The normalized spacial score (nSPS) is 12.9.